The molecule has 0 spiro atoms. The first kappa shape index (κ1) is 16.0. The number of rotatable bonds is 5. The molecular weight excluding hydrogens is 320 g/mol. The third-order valence-electron chi connectivity index (χ3n) is 2.59. The highest BCUT2D eigenvalue weighted by Gasteiger charge is 2.18. The van der Waals surface area contributed by atoms with E-state index in [1.54, 1.807) is 6.92 Å². The lowest BCUT2D eigenvalue weighted by molar-refractivity contribution is 0.0931. The number of aliphatic hydroxyl groups is 1. The van der Waals surface area contributed by atoms with E-state index in [1.165, 1.54) is 0 Å². The highest BCUT2D eigenvalue weighted by atomic mass is 79.9. The molecule has 19 heavy (non-hydrogen) atoms. The molecule has 3 nitrogen and oxygen atoms in total. The Hall–Kier alpha value is -1.01. The average molecular weight is 336 g/mol. The average Bonchev–Trinajstić information content (AvgIpc) is 2.23. The maximum atomic E-state index is 13.5. The summed E-state index contributed by atoms with van der Waals surface area (Å²) in [5, 5.41) is 11.6. The zero-order valence-electron chi connectivity index (χ0n) is 10.7. The van der Waals surface area contributed by atoms with Crippen molar-refractivity contribution in [2.24, 2.45) is 5.92 Å². The van der Waals surface area contributed by atoms with E-state index in [2.05, 4.69) is 21.2 Å². The van der Waals surface area contributed by atoms with Crippen LogP contribution in [-0.4, -0.2) is 23.7 Å². The van der Waals surface area contributed by atoms with Crippen molar-refractivity contribution < 1.29 is 18.7 Å². The van der Waals surface area contributed by atoms with Gasteiger partial charge in [-0.3, -0.25) is 4.79 Å². The minimum Gasteiger partial charge on any atom is -0.393 e. The Morgan fingerprint density at radius 2 is 1.89 bits per heavy atom. The topological polar surface area (TPSA) is 49.3 Å². The minimum atomic E-state index is -0.910. The number of aliphatic hydroxyl groups excluding tert-OH is 1. The second kappa shape index (κ2) is 6.96. The first-order valence-corrected chi connectivity index (χ1v) is 6.71. The predicted molar refractivity (Wildman–Crippen MR) is 71.9 cm³/mol. The molecule has 2 N–H and O–H groups in total. The molecule has 2 unspecified atom stereocenters. The van der Waals surface area contributed by atoms with E-state index in [-0.39, 0.29) is 16.9 Å². The molecule has 0 radical (unpaired) electrons. The number of halogens is 3. The fourth-order valence-corrected chi connectivity index (χ4v) is 2.18. The van der Waals surface area contributed by atoms with E-state index in [1.807, 2.05) is 6.92 Å². The molecule has 1 rings (SSSR count). The zero-order chi connectivity index (χ0) is 14.6. The third kappa shape index (κ3) is 4.87. The lowest BCUT2D eigenvalue weighted by atomic mass is 10.0. The summed E-state index contributed by atoms with van der Waals surface area (Å²) in [7, 11) is 0. The summed E-state index contributed by atoms with van der Waals surface area (Å²) in [5.74, 6) is -2.59. The summed E-state index contributed by atoms with van der Waals surface area (Å²) >= 11 is 2.95. The molecule has 0 saturated carbocycles. The molecule has 0 aliphatic carbocycles. The number of hydrogen-bond acceptors (Lipinski definition) is 2. The van der Waals surface area contributed by atoms with Gasteiger partial charge in [-0.15, -0.1) is 0 Å². The predicted octanol–water partition coefficient (Wildman–Crippen LogP) is 2.86. The highest BCUT2D eigenvalue weighted by Crippen LogP contribution is 2.19. The van der Waals surface area contributed by atoms with E-state index in [0.717, 1.165) is 12.1 Å². The van der Waals surface area contributed by atoms with Crippen LogP contribution >= 0.6 is 15.9 Å². The van der Waals surface area contributed by atoms with Gasteiger partial charge in [0.25, 0.3) is 5.91 Å². The van der Waals surface area contributed by atoms with E-state index in [0.29, 0.717) is 6.42 Å². The molecule has 1 aromatic rings. The largest absolute Gasteiger partial charge is 0.393 e. The summed E-state index contributed by atoms with van der Waals surface area (Å²) < 4.78 is 27.3. The molecular formula is C13H16BrF2NO2. The second-order valence-electron chi connectivity index (χ2n) is 4.64. The summed E-state index contributed by atoms with van der Waals surface area (Å²) in [5.41, 5.74) is -0.590. The molecule has 0 fully saturated rings. The van der Waals surface area contributed by atoms with E-state index < -0.39 is 29.2 Å². The Bertz CT molecular complexity index is 443. The third-order valence-corrected chi connectivity index (χ3v) is 3.05. The van der Waals surface area contributed by atoms with Gasteiger partial charge in [0.1, 0.15) is 17.2 Å². The minimum absolute atomic E-state index is 0.0190. The van der Waals surface area contributed by atoms with Gasteiger partial charge < -0.3 is 10.4 Å². The van der Waals surface area contributed by atoms with Gasteiger partial charge in [-0.1, -0.05) is 22.9 Å². The zero-order valence-corrected chi connectivity index (χ0v) is 12.3. The standard InChI is InChI=1S/C13H16BrF2NO2/c1-7(3-8(2)18)6-17-13(19)12-10(15)4-9(14)5-11(12)16/h4-5,7-8,18H,3,6H2,1-2H3,(H,17,19). The molecule has 6 heteroatoms. The van der Waals surface area contributed by atoms with Crippen LogP contribution < -0.4 is 5.32 Å². The van der Waals surface area contributed by atoms with Crippen molar-refractivity contribution in [1.29, 1.82) is 0 Å². The van der Waals surface area contributed by atoms with Gasteiger partial charge in [-0.25, -0.2) is 8.78 Å². The van der Waals surface area contributed by atoms with Crippen LogP contribution in [0.3, 0.4) is 0 Å². The van der Waals surface area contributed by atoms with Gasteiger partial charge in [0.15, 0.2) is 0 Å². The molecule has 2 atom stereocenters. The summed E-state index contributed by atoms with van der Waals surface area (Å²) in [6, 6.07) is 2.08. The van der Waals surface area contributed by atoms with Crippen LogP contribution in [0.25, 0.3) is 0 Å². The summed E-state index contributed by atoms with van der Waals surface area (Å²) in [4.78, 5) is 11.7. The van der Waals surface area contributed by atoms with Gasteiger partial charge in [-0.2, -0.15) is 0 Å². The molecule has 0 aromatic heterocycles. The van der Waals surface area contributed by atoms with Crippen LogP contribution in [0.15, 0.2) is 16.6 Å². The molecule has 1 aromatic carbocycles. The van der Waals surface area contributed by atoms with Gasteiger partial charge in [0.05, 0.1) is 6.10 Å². The molecule has 0 aliphatic heterocycles. The number of carbonyl (C=O) groups excluding carboxylic acids is 1. The maximum absolute atomic E-state index is 13.5. The van der Waals surface area contributed by atoms with Crippen molar-refractivity contribution in [3.63, 3.8) is 0 Å². The number of benzene rings is 1. The summed E-state index contributed by atoms with van der Waals surface area (Å²) in [6.45, 7) is 3.73. The Labute approximate surface area is 119 Å². The van der Waals surface area contributed by atoms with Crippen molar-refractivity contribution in [3.05, 3.63) is 33.8 Å². The van der Waals surface area contributed by atoms with Crippen LogP contribution in [0.1, 0.15) is 30.6 Å². The first-order valence-electron chi connectivity index (χ1n) is 5.92. The van der Waals surface area contributed by atoms with Crippen molar-refractivity contribution in [1.82, 2.24) is 5.32 Å². The number of carbonyl (C=O) groups is 1. The Morgan fingerprint density at radius 3 is 2.37 bits per heavy atom. The van der Waals surface area contributed by atoms with Crippen molar-refractivity contribution in [3.8, 4) is 0 Å². The normalized spacial score (nSPS) is 14.0. The SMILES string of the molecule is CC(O)CC(C)CNC(=O)c1c(F)cc(Br)cc1F. The van der Waals surface area contributed by atoms with Gasteiger partial charge in [-0.05, 0) is 31.4 Å². The molecule has 106 valence electrons. The van der Waals surface area contributed by atoms with Crippen LogP contribution in [0, 0.1) is 17.6 Å². The fourth-order valence-electron chi connectivity index (χ4n) is 1.78. The van der Waals surface area contributed by atoms with Crippen molar-refractivity contribution in [2.45, 2.75) is 26.4 Å². The van der Waals surface area contributed by atoms with E-state index in [4.69, 9.17) is 0 Å². The van der Waals surface area contributed by atoms with Crippen molar-refractivity contribution >= 4 is 21.8 Å². The molecule has 0 bridgehead atoms. The van der Waals surface area contributed by atoms with Gasteiger partial charge in [0, 0.05) is 11.0 Å². The first-order chi connectivity index (χ1) is 8.81. The Kier molecular flexibility index (Phi) is 5.87. The number of nitrogens with one attached hydrogen (secondary N) is 1. The lowest BCUT2D eigenvalue weighted by Gasteiger charge is -2.14. The number of hydrogen-bond donors (Lipinski definition) is 2. The smallest absolute Gasteiger partial charge is 0.257 e. The Morgan fingerprint density at radius 1 is 1.37 bits per heavy atom. The van der Waals surface area contributed by atoms with Crippen LogP contribution in [-0.2, 0) is 0 Å². The molecule has 0 heterocycles. The molecule has 0 aliphatic rings. The molecule has 1 amide bonds. The fraction of sp³-hybridized carbons (Fsp3) is 0.462. The van der Waals surface area contributed by atoms with Crippen LogP contribution in [0.2, 0.25) is 0 Å². The van der Waals surface area contributed by atoms with Gasteiger partial charge in [0.2, 0.25) is 0 Å². The number of amides is 1. The van der Waals surface area contributed by atoms with Crippen molar-refractivity contribution in [2.75, 3.05) is 6.54 Å². The quantitative estimate of drug-likeness (QED) is 0.869. The Balaban J connectivity index is 2.69. The second-order valence-corrected chi connectivity index (χ2v) is 5.56. The molecule has 0 saturated heterocycles. The van der Waals surface area contributed by atoms with E-state index in [9.17, 15) is 18.7 Å². The monoisotopic (exact) mass is 335 g/mol. The van der Waals surface area contributed by atoms with E-state index >= 15 is 0 Å². The lowest BCUT2D eigenvalue weighted by Crippen LogP contribution is -2.30. The van der Waals surface area contributed by atoms with Gasteiger partial charge >= 0.3 is 0 Å². The highest BCUT2D eigenvalue weighted by molar-refractivity contribution is 9.10. The maximum Gasteiger partial charge on any atom is 0.257 e. The summed E-state index contributed by atoms with van der Waals surface area (Å²) in [6.07, 6.45) is 0.0269. The van der Waals surface area contributed by atoms with Crippen LogP contribution in [0.4, 0.5) is 8.78 Å². The van der Waals surface area contributed by atoms with Crippen LogP contribution in [0.5, 0.6) is 0 Å².